The van der Waals surface area contributed by atoms with Crippen molar-refractivity contribution in [2.24, 2.45) is 0 Å². The van der Waals surface area contributed by atoms with Crippen LogP contribution in [0, 0.1) is 20.8 Å². The van der Waals surface area contributed by atoms with E-state index in [0.717, 1.165) is 30.8 Å². The van der Waals surface area contributed by atoms with Crippen LogP contribution in [0.5, 0.6) is 0 Å². The number of hydrogen-bond donors (Lipinski definition) is 1. The van der Waals surface area contributed by atoms with Crippen LogP contribution in [0.25, 0.3) is 0 Å². The summed E-state index contributed by atoms with van der Waals surface area (Å²) in [5.74, 6) is 0.0817. The number of aryl methyl sites for hydroxylation is 1. The molecule has 1 saturated heterocycles. The zero-order valence-electron chi connectivity index (χ0n) is 12.9. The van der Waals surface area contributed by atoms with E-state index in [-0.39, 0.29) is 18.0 Å². The average Bonchev–Trinajstić information content (AvgIpc) is 2.67. The van der Waals surface area contributed by atoms with Crippen molar-refractivity contribution < 1.29 is 9.53 Å². The fraction of sp³-hybridized carbons (Fsp3) is 0.733. The van der Waals surface area contributed by atoms with Crippen LogP contribution >= 0.6 is 0 Å². The van der Waals surface area contributed by atoms with Gasteiger partial charge in [-0.1, -0.05) is 0 Å². The lowest BCUT2D eigenvalue weighted by Crippen LogP contribution is -2.41. The Morgan fingerprint density at radius 3 is 2.80 bits per heavy atom. The summed E-state index contributed by atoms with van der Waals surface area (Å²) >= 11 is 0. The third kappa shape index (κ3) is 3.39. The maximum atomic E-state index is 12.1. The second-order valence-corrected chi connectivity index (χ2v) is 5.78. The molecule has 0 spiro atoms. The molecule has 2 atom stereocenters. The molecule has 1 fully saturated rings. The topological polar surface area (TPSA) is 56.2 Å². The normalized spacial score (nSPS) is 20.7. The highest BCUT2D eigenvalue weighted by atomic mass is 16.5. The predicted octanol–water partition coefficient (Wildman–Crippen LogP) is 2.05. The van der Waals surface area contributed by atoms with Gasteiger partial charge in [-0.3, -0.25) is 9.48 Å². The Bertz CT molecular complexity index is 476. The summed E-state index contributed by atoms with van der Waals surface area (Å²) in [6.07, 6.45) is 2.49. The minimum Gasteiger partial charge on any atom is -0.379 e. The molecule has 1 aliphatic rings. The van der Waals surface area contributed by atoms with E-state index in [0.29, 0.717) is 13.0 Å². The van der Waals surface area contributed by atoms with Crippen molar-refractivity contribution in [3.63, 3.8) is 0 Å². The zero-order valence-corrected chi connectivity index (χ0v) is 12.9. The third-order valence-electron chi connectivity index (χ3n) is 4.11. The second kappa shape index (κ2) is 6.39. The average molecular weight is 279 g/mol. The van der Waals surface area contributed by atoms with Crippen molar-refractivity contribution in [2.75, 3.05) is 13.2 Å². The minimum absolute atomic E-state index is 0.0758. The van der Waals surface area contributed by atoms with E-state index >= 15 is 0 Å². The highest BCUT2D eigenvalue weighted by Gasteiger charge is 2.20. The quantitative estimate of drug-likeness (QED) is 0.917. The molecule has 0 saturated carbocycles. The van der Waals surface area contributed by atoms with E-state index in [1.165, 1.54) is 5.56 Å². The summed E-state index contributed by atoms with van der Waals surface area (Å²) in [6.45, 7) is 9.62. The van der Waals surface area contributed by atoms with Gasteiger partial charge in [0.2, 0.25) is 5.91 Å². The highest BCUT2D eigenvalue weighted by molar-refractivity contribution is 5.76. The number of carbonyl (C=O) groups excluding carboxylic acids is 1. The molecule has 2 rings (SSSR count). The molecule has 1 aromatic rings. The van der Waals surface area contributed by atoms with E-state index in [2.05, 4.69) is 24.3 Å². The molecular weight excluding hydrogens is 254 g/mol. The molecule has 1 N–H and O–H groups in total. The largest absolute Gasteiger partial charge is 0.379 e. The molecule has 1 aliphatic heterocycles. The van der Waals surface area contributed by atoms with Crippen molar-refractivity contribution in [1.29, 1.82) is 0 Å². The van der Waals surface area contributed by atoms with Gasteiger partial charge in [0.05, 0.1) is 24.4 Å². The number of hydrogen-bond acceptors (Lipinski definition) is 3. The maximum absolute atomic E-state index is 12.1. The molecule has 5 heteroatoms. The van der Waals surface area contributed by atoms with Gasteiger partial charge in [0.1, 0.15) is 0 Å². The molecule has 5 nitrogen and oxygen atoms in total. The lowest BCUT2D eigenvalue weighted by atomic mass is 10.1. The molecule has 0 aliphatic carbocycles. The summed E-state index contributed by atoms with van der Waals surface area (Å²) < 4.78 is 7.34. The molecule has 20 heavy (non-hydrogen) atoms. The van der Waals surface area contributed by atoms with Gasteiger partial charge < -0.3 is 10.1 Å². The summed E-state index contributed by atoms with van der Waals surface area (Å²) in [5, 5.41) is 7.58. The molecule has 0 aromatic carbocycles. The fourth-order valence-corrected chi connectivity index (χ4v) is 2.67. The van der Waals surface area contributed by atoms with Crippen LogP contribution in [0.2, 0.25) is 0 Å². The van der Waals surface area contributed by atoms with Gasteiger partial charge in [-0.25, -0.2) is 0 Å². The first-order valence-electron chi connectivity index (χ1n) is 7.38. The molecule has 0 bridgehead atoms. The standard InChI is InChI=1S/C15H25N3O2/c1-10(18-13(4)11(2)12(3)17-18)8-15(19)16-14-6-5-7-20-9-14/h10,14H,5-9H2,1-4H3,(H,16,19)/t10-,14-/m1/s1. The smallest absolute Gasteiger partial charge is 0.222 e. The highest BCUT2D eigenvalue weighted by Crippen LogP contribution is 2.18. The van der Waals surface area contributed by atoms with Crippen LogP contribution in [-0.2, 0) is 9.53 Å². The number of ether oxygens (including phenoxy) is 1. The first-order chi connectivity index (χ1) is 9.49. The van der Waals surface area contributed by atoms with Gasteiger partial charge in [0, 0.05) is 18.7 Å². The Kier molecular flexibility index (Phi) is 4.81. The van der Waals surface area contributed by atoms with Crippen LogP contribution in [0.1, 0.15) is 49.2 Å². The molecule has 2 heterocycles. The number of rotatable bonds is 4. The zero-order chi connectivity index (χ0) is 14.7. The lowest BCUT2D eigenvalue weighted by molar-refractivity contribution is -0.123. The van der Waals surface area contributed by atoms with E-state index in [1.807, 2.05) is 18.5 Å². The van der Waals surface area contributed by atoms with Gasteiger partial charge >= 0.3 is 0 Å². The number of nitrogens with one attached hydrogen (secondary N) is 1. The molecule has 1 aromatic heterocycles. The number of carbonyl (C=O) groups is 1. The van der Waals surface area contributed by atoms with E-state index in [1.54, 1.807) is 0 Å². The van der Waals surface area contributed by atoms with Crippen molar-refractivity contribution in [2.45, 2.75) is 59.0 Å². The van der Waals surface area contributed by atoms with Gasteiger partial charge in [-0.05, 0) is 46.1 Å². The molecule has 1 amide bonds. The van der Waals surface area contributed by atoms with E-state index < -0.39 is 0 Å². The van der Waals surface area contributed by atoms with Gasteiger partial charge in [0.25, 0.3) is 0 Å². The van der Waals surface area contributed by atoms with Crippen molar-refractivity contribution in [3.05, 3.63) is 17.0 Å². The first kappa shape index (κ1) is 15.0. The second-order valence-electron chi connectivity index (χ2n) is 5.78. The van der Waals surface area contributed by atoms with E-state index in [4.69, 9.17) is 4.74 Å². The van der Waals surface area contributed by atoms with Gasteiger partial charge in [0.15, 0.2) is 0 Å². The van der Waals surface area contributed by atoms with Crippen molar-refractivity contribution >= 4 is 5.91 Å². The SMILES string of the molecule is Cc1nn([C@H](C)CC(=O)N[C@@H]2CCCOC2)c(C)c1C. The third-order valence-corrected chi connectivity index (χ3v) is 4.11. The lowest BCUT2D eigenvalue weighted by Gasteiger charge is -2.24. The van der Waals surface area contributed by atoms with Crippen LogP contribution in [-0.4, -0.2) is 34.9 Å². The van der Waals surface area contributed by atoms with Gasteiger partial charge in [-0.2, -0.15) is 5.10 Å². The van der Waals surface area contributed by atoms with Crippen LogP contribution in [0.3, 0.4) is 0 Å². The Morgan fingerprint density at radius 2 is 2.25 bits per heavy atom. The fourth-order valence-electron chi connectivity index (χ4n) is 2.67. The summed E-state index contributed by atoms with van der Waals surface area (Å²) in [7, 11) is 0. The van der Waals surface area contributed by atoms with Crippen molar-refractivity contribution in [1.82, 2.24) is 15.1 Å². The summed E-state index contributed by atoms with van der Waals surface area (Å²) in [6, 6.07) is 0.248. The number of aromatic nitrogens is 2. The van der Waals surface area contributed by atoms with Crippen LogP contribution in [0.4, 0.5) is 0 Å². The molecule has 112 valence electrons. The predicted molar refractivity (Wildman–Crippen MR) is 77.7 cm³/mol. The Balaban J connectivity index is 1.91. The monoisotopic (exact) mass is 279 g/mol. The van der Waals surface area contributed by atoms with E-state index in [9.17, 15) is 4.79 Å². The van der Waals surface area contributed by atoms with Crippen LogP contribution < -0.4 is 5.32 Å². The minimum atomic E-state index is 0.0758. The van der Waals surface area contributed by atoms with Gasteiger partial charge in [-0.15, -0.1) is 0 Å². The molecule has 0 unspecified atom stereocenters. The molecule has 0 radical (unpaired) electrons. The van der Waals surface area contributed by atoms with Crippen LogP contribution in [0.15, 0.2) is 0 Å². The Hall–Kier alpha value is -1.36. The number of nitrogens with zero attached hydrogens (tertiary/aromatic N) is 2. The molecular formula is C15H25N3O2. The number of amides is 1. The first-order valence-corrected chi connectivity index (χ1v) is 7.38. The Labute approximate surface area is 120 Å². The van der Waals surface area contributed by atoms with Crippen molar-refractivity contribution in [3.8, 4) is 0 Å². The Morgan fingerprint density at radius 1 is 1.50 bits per heavy atom. The summed E-state index contributed by atoms with van der Waals surface area (Å²) in [4.78, 5) is 12.1. The maximum Gasteiger partial charge on any atom is 0.222 e. The summed E-state index contributed by atoms with van der Waals surface area (Å²) in [5.41, 5.74) is 3.39.